The highest BCUT2D eigenvalue weighted by Gasteiger charge is 2.30. The van der Waals surface area contributed by atoms with Crippen LogP contribution in [0.1, 0.15) is 60.0 Å². The normalized spacial score (nSPS) is 17.6. The lowest BCUT2D eigenvalue weighted by molar-refractivity contribution is 0.0724. The number of nitrogens with zero attached hydrogens (tertiary/aromatic N) is 4. The van der Waals surface area contributed by atoms with Crippen molar-refractivity contribution in [2.45, 2.75) is 52.2 Å². The Morgan fingerprint density at radius 2 is 1.93 bits per heavy atom. The lowest BCUT2D eigenvalue weighted by atomic mass is 10.0. The molecular formula is C21H27FN4O. The fraction of sp³-hybridized carbons (Fsp3) is 0.524. The number of amides is 1. The van der Waals surface area contributed by atoms with Crippen molar-refractivity contribution >= 4 is 5.91 Å². The van der Waals surface area contributed by atoms with E-state index in [2.05, 4.69) is 23.4 Å². The van der Waals surface area contributed by atoms with Crippen LogP contribution in [0.5, 0.6) is 0 Å². The zero-order chi connectivity index (χ0) is 19.0. The molecule has 4 rings (SSSR count). The van der Waals surface area contributed by atoms with E-state index in [1.54, 1.807) is 23.1 Å². The fourth-order valence-electron chi connectivity index (χ4n) is 4.20. The van der Waals surface area contributed by atoms with E-state index in [0.717, 1.165) is 37.4 Å². The Hall–Kier alpha value is -2.21. The van der Waals surface area contributed by atoms with Crippen molar-refractivity contribution in [3.05, 3.63) is 52.6 Å². The Balaban J connectivity index is 1.60. The number of halogens is 1. The molecule has 1 amide bonds. The molecule has 0 saturated carbocycles. The van der Waals surface area contributed by atoms with E-state index in [-0.39, 0.29) is 17.5 Å². The maximum absolute atomic E-state index is 14.1. The van der Waals surface area contributed by atoms with E-state index in [4.69, 9.17) is 5.10 Å². The highest BCUT2D eigenvalue weighted by atomic mass is 19.1. The van der Waals surface area contributed by atoms with E-state index in [1.165, 1.54) is 24.5 Å². The van der Waals surface area contributed by atoms with Crippen molar-refractivity contribution < 1.29 is 9.18 Å². The van der Waals surface area contributed by atoms with Crippen molar-refractivity contribution in [2.24, 2.45) is 0 Å². The van der Waals surface area contributed by atoms with Gasteiger partial charge < -0.3 is 4.90 Å². The molecule has 6 heteroatoms. The van der Waals surface area contributed by atoms with Gasteiger partial charge in [-0.2, -0.15) is 5.10 Å². The summed E-state index contributed by atoms with van der Waals surface area (Å²) >= 11 is 0. The average Bonchev–Trinajstić information content (AvgIpc) is 3.30. The van der Waals surface area contributed by atoms with Gasteiger partial charge in [-0.05, 0) is 58.3 Å². The van der Waals surface area contributed by atoms with Crippen molar-refractivity contribution in [3.63, 3.8) is 0 Å². The number of hydrogen-bond donors (Lipinski definition) is 0. The van der Waals surface area contributed by atoms with Crippen LogP contribution in [0.25, 0.3) is 0 Å². The Morgan fingerprint density at radius 1 is 1.19 bits per heavy atom. The molecule has 0 bridgehead atoms. The maximum atomic E-state index is 14.1. The van der Waals surface area contributed by atoms with Crippen molar-refractivity contribution in [2.75, 3.05) is 19.6 Å². The topological polar surface area (TPSA) is 41.4 Å². The van der Waals surface area contributed by atoms with Crippen LogP contribution in [-0.4, -0.2) is 45.1 Å². The van der Waals surface area contributed by atoms with Crippen LogP contribution in [0, 0.1) is 5.82 Å². The first kappa shape index (κ1) is 18.2. The predicted molar refractivity (Wildman–Crippen MR) is 102 cm³/mol. The molecule has 0 spiro atoms. The Labute approximate surface area is 159 Å². The van der Waals surface area contributed by atoms with Gasteiger partial charge in [0.25, 0.3) is 5.91 Å². The van der Waals surface area contributed by atoms with E-state index >= 15 is 0 Å². The first-order valence-electron chi connectivity index (χ1n) is 9.90. The maximum Gasteiger partial charge on any atom is 0.257 e. The molecule has 0 N–H and O–H groups in total. The Kier molecular flexibility index (Phi) is 5.00. The second kappa shape index (κ2) is 7.43. The molecule has 0 unspecified atom stereocenters. The minimum absolute atomic E-state index is 0.147. The number of benzene rings is 1. The first-order chi connectivity index (χ1) is 13.0. The molecule has 5 nitrogen and oxygen atoms in total. The molecule has 144 valence electrons. The van der Waals surface area contributed by atoms with Gasteiger partial charge >= 0.3 is 0 Å². The van der Waals surface area contributed by atoms with Crippen molar-refractivity contribution in [3.8, 4) is 0 Å². The van der Waals surface area contributed by atoms with Gasteiger partial charge in [0.05, 0.1) is 23.5 Å². The van der Waals surface area contributed by atoms with E-state index in [9.17, 15) is 9.18 Å². The van der Waals surface area contributed by atoms with E-state index in [1.807, 2.05) is 0 Å². The molecule has 3 heterocycles. The summed E-state index contributed by atoms with van der Waals surface area (Å²) in [6, 6.07) is 6.45. The molecule has 0 radical (unpaired) electrons. The number of carbonyl (C=O) groups excluding carboxylic acids is 1. The summed E-state index contributed by atoms with van der Waals surface area (Å²) in [5.41, 5.74) is 3.69. The summed E-state index contributed by atoms with van der Waals surface area (Å²) in [6.07, 6.45) is 3.31. The van der Waals surface area contributed by atoms with Crippen LogP contribution >= 0.6 is 0 Å². The second-order valence-corrected chi connectivity index (χ2v) is 7.85. The number of rotatable bonds is 4. The summed E-state index contributed by atoms with van der Waals surface area (Å²) < 4.78 is 16.1. The quantitative estimate of drug-likeness (QED) is 0.828. The number of carbonyl (C=O) groups is 1. The molecule has 0 aliphatic carbocycles. The second-order valence-electron chi connectivity index (χ2n) is 7.85. The Bertz CT molecular complexity index is 839. The van der Waals surface area contributed by atoms with Gasteiger partial charge in [-0.25, -0.2) is 4.39 Å². The predicted octanol–water partition coefficient (Wildman–Crippen LogP) is 3.40. The highest BCUT2D eigenvalue weighted by molar-refractivity contribution is 5.94. The summed E-state index contributed by atoms with van der Waals surface area (Å²) in [5.74, 6) is -0.697. The smallest absolute Gasteiger partial charge is 0.257 e. The van der Waals surface area contributed by atoms with Crippen molar-refractivity contribution in [1.29, 1.82) is 0 Å². The fourth-order valence-corrected chi connectivity index (χ4v) is 4.20. The van der Waals surface area contributed by atoms with Gasteiger partial charge in [0.15, 0.2) is 0 Å². The minimum Gasteiger partial charge on any atom is -0.332 e. The van der Waals surface area contributed by atoms with E-state index in [0.29, 0.717) is 13.1 Å². The summed E-state index contributed by atoms with van der Waals surface area (Å²) in [5, 5.41) is 4.90. The molecule has 2 aliphatic heterocycles. The molecule has 2 aromatic rings. The molecule has 27 heavy (non-hydrogen) atoms. The summed E-state index contributed by atoms with van der Waals surface area (Å²) in [6.45, 7) is 8.51. The number of hydrogen-bond acceptors (Lipinski definition) is 3. The third-order valence-corrected chi connectivity index (χ3v) is 5.63. The van der Waals surface area contributed by atoms with Gasteiger partial charge in [0.1, 0.15) is 5.82 Å². The minimum atomic E-state index is -0.458. The molecule has 1 aromatic carbocycles. The third kappa shape index (κ3) is 3.50. The van der Waals surface area contributed by atoms with Crippen LogP contribution in [0.2, 0.25) is 0 Å². The molecule has 1 fully saturated rings. The summed E-state index contributed by atoms with van der Waals surface area (Å²) in [4.78, 5) is 17.1. The molecular weight excluding hydrogens is 343 g/mol. The lowest BCUT2D eigenvalue weighted by Gasteiger charge is -2.29. The van der Waals surface area contributed by atoms with Gasteiger partial charge in [-0.15, -0.1) is 0 Å². The third-order valence-electron chi connectivity index (χ3n) is 5.63. The standard InChI is InChI=1S/C21H27FN4O/c1-15(2)26-20-14-25(21(27)16-7-3-4-8-18(16)22)12-9-17(20)19(23-26)13-24-10-5-6-11-24/h3-4,7-8,15H,5-6,9-14H2,1-2H3. The first-order valence-corrected chi connectivity index (χ1v) is 9.90. The summed E-state index contributed by atoms with van der Waals surface area (Å²) in [7, 11) is 0. The number of likely N-dealkylation sites (tertiary alicyclic amines) is 1. The van der Waals surface area contributed by atoms with Gasteiger partial charge in [-0.3, -0.25) is 14.4 Å². The van der Waals surface area contributed by atoms with Crippen LogP contribution < -0.4 is 0 Å². The van der Waals surface area contributed by atoms with E-state index < -0.39 is 5.82 Å². The highest BCUT2D eigenvalue weighted by Crippen LogP contribution is 2.28. The van der Waals surface area contributed by atoms with Gasteiger partial charge in [0, 0.05) is 24.7 Å². The monoisotopic (exact) mass is 370 g/mol. The molecule has 1 saturated heterocycles. The van der Waals surface area contributed by atoms with Crippen molar-refractivity contribution in [1.82, 2.24) is 19.6 Å². The largest absolute Gasteiger partial charge is 0.332 e. The number of fused-ring (bicyclic) bond motifs is 1. The van der Waals surface area contributed by atoms with Crippen LogP contribution in [0.15, 0.2) is 24.3 Å². The SMILES string of the molecule is CC(C)n1nc(CN2CCCC2)c2c1CN(C(=O)c1ccccc1F)CC2. The van der Waals surface area contributed by atoms with Crippen LogP contribution in [0.3, 0.4) is 0 Å². The zero-order valence-corrected chi connectivity index (χ0v) is 16.1. The Morgan fingerprint density at radius 3 is 2.63 bits per heavy atom. The molecule has 1 aromatic heterocycles. The molecule has 0 atom stereocenters. The lowest BCUT2D eigenvalue weighted by Crippen LogP contribution is -2.37. The average molecular weight is 370 g/mol. The number of aromatic nitrogens is 2. The van der Waals surface area contributed by atoms with Gasteiger partial charge in [0.2, 0.25) is 0 Å². The molecule has 2 aliphatic rings. The zero-order valence-electron chi connectivity index (χ0n) is 16.1. The van der Waals surface area contributed by atoms with Gasteiger partial charge in [-0.1, -0.05) is 12.1 Å². The van der Waals surface area contributed by atoms with Crippen LogP contribution in [-0.2, 0) is 19.5 Å². The van der Waals surface area contributed by atoms with Crippen LogP contribution in [0.4, 0.5) is 4.39 Å².